The number of rotatable bonds is 2. The van der Waals surface area contributed by atoms with Crippen molar-refractivity contribution in [2.75, 3.05) is 33.7 Å². The minimum absolute atomic E-state index is 0.194. The van der Waals surface area contributed by atoms with E-state index in [1.54, 1.807) is 19.0 Å². The predicted octanol–water partition coefficient (Wildman–Crippen LogP) is -0.569. The van der Waals surface area contributed by atoms with Crippen LogP contribution >= 0.6 is 0 Å². The quantitative estimate of drug-likeness (QED) is 0.625. The Labute approximate surface area is 79.7 Å². The van der Waals surface area contributed by atoms with Crippen LogP contribution in [0.25, 0.3) is 0 Å². The molecule has 0 spiro atoms. The first-order valence-corrected chi connectivity index (χ1v) is 4.77. The molecule has 0 aromatic rings. The standard InChI is InChI=1S/C9H18N3O/c1-12(2)9(13)7-8-3-4-10-5-6-11-8/h8,11H,3-7H2,1-2H3. The zero-order valence-electron chi connectivity index (χ0n) is 8.42. The Morgan fingerprint density at radius 2 is 2.31 bits per heavy atom. The lowest BCUT2D eigenvalue weighted by Gasteiger charge is -2.17. The van der Waals surface area contributed by atoms with Crippen LogP contribution in [0.3, 0.4) is 0 Å². The van der Waals surface area contributed by atoms with Gasteiger partial charge in [0, 0.05) is 46.2 Å². The molecular formula is C9H18N3O. The average molecular weight is 184 g/mol. The van der Waals surface area contributed by atoms with E-state index in [0.717, 1.165) is 26.1 Å². The Balaban J connectivity index is 2.29. The SMILES string of the molecule is CN(C)C(=O)CC1CC[N]CCN1. The topological polar surface area (TPSA) is 46.4 Å². The maximum atomic E-state index is 11.4. The van der Waals surface area contributed by atoms with Gasteiger partial charge in [-0.15, -0.1) is 0 Å². The van der Waals surface area contributed by atoms with E-state index in [-0.39, 0.29) is 5.91 Å². The number of hydrogen-bond acceptors (Lipinski definition) is 2. The summed E-state index contributed by atoms with van der Waals surface area (Å²) in [6.07, 6.45) is 1.59. The number of nitrogens with zero attached hydrogens (tertiary/aromatic N) is 2. The minimum atomic E-state index is 0.194. The smallest absolute Gasteiger partial charge is 0.223 e. The average Bonchev–Trinajstić information content (AvgIpc) is 2.32. The van der Waals surface area contributed by atoms with Crippen molar-refractivity contribution in [1.29, 1.82) is 0 Å². The van der Waals surface area contributed by atoms with Crippen LogP contribution in [0.1, 0.15) is 12.8 Å². The van der Waals surface area contributed by atoms with E-state index in [0.29, 0.717) is 12.5 Å². The Hall–Kier alpha value is -0.610. The van der Waals surface area contributed by atoms with Gasteiger partial charge in [0.2, 0.25) is 5.91 Å². The lowest BCUT2D eigenvalue weighted by molar-refractivity contribution is -0.129. The minimum Gasteiger partial charge on any atom is -0.349 e. The summed E-state index contributed by atoms with van der Waals surface area (Å²) in [5.74, 6) is 0.194. The molecule has 4 nitrogen and oxygen atoms in total. The van der Waals surface area contributed by atoms with Crippen LogP contribution in [0.2, 0.25) is 0 Å². The lowest BCUT2D eigenvalue weighted by atomic mass is 10.1. The van der Waals surface area contributed by atoms with Gasteiger partial charge in [-0.25, -0.2) is 5.32 Å². The lowest BCUT2D eigenvalue weighted by Crippen LogP contribution is -2.35. The summed E-state index contributed by atoms with van der Waals surface area (Å²) in [6, 6.07) is 0.321. The van der Waals surface area contributed by atoms with Gasteiger partial charge >= 0.3 is 0 Å². The molecule has 1 aliphatic heterocycles. The summed E-state index contributed by atoms with van der Waals surface area (Å²) in [5, 5.41) is 7.61. The highest BCUT2D eigenvalue weighted by Crippen LogP contribution is 2.02. The first-order valence-electron chi connectivity index (χ1n) is 4.77. The molecule has 0 saturated carbocycles. The second-order valence-corrected chi connectivity index (χ2v) is 3.60. The molecule has 0 aromatic heterocycles. The number of amides is 1. The van der Waals surface area contributed by atoms with Crippen molar-refractivity contribution in [2.45, 2.75) is 18.9 Å². The van der Waals surface area contributed by atoms with Crippen LogP contribution in [-0.4, -0.2) is 50.6 Å². The molecule has 0 aliphatic carbocycles. The number of nitrogens with one attached hydrogen (secondary N) is 1. The van der Waals surface area contributed by atoms with Gasteiger partial charge in [-0.2, -0.15) is 0 Å². The van der Waals surface area contributed by atoms with Crippen molar-refractivity contribution >= 4 is 5.91 Å². The highest BCUT2D eigenvalue weighted by Gasteiger charge is 2.16. The number of hydrogen-bond donors (Lipinski definition) is 1. The van der Waals surface area contributed by atoms with Crippen molar-refractivity contribution in [3.63, 3.8) is 0 Å². The molecule has 0 bridgehead atoms. The molecule has 1 amide bonds. The molecule has 1 radical (unpaired) electrons. The van der Waals surface area contributed by atoms with E-state index in [1.807, 2.05) is 0 Å². The fourth-order valence-electron chi connectivity index (χ4n) is 1.38. The molecule has 0 aromatic carbocycles. The monoisotopic (exact) mass is 184 g/mol. The zero-order valence-corrected chi connectivity index (χ0v) is 8.42. The Bertz CT molecular complexity index is 162. The Morgan fingerprint density at radius 3 is 3.00 bits per heavy atom. The van der Waals surface area contributed by atoms with Crippen molar-refractivity contribution in [3.05, 3.63) is 0 Å². The van der Waals surface area contributed by atoms with Crippen LogP contribution in [-0.2, 0) is 4.79 Å². The fourth-order valence-corrected chi connectivity index (χ4v) is 1.38. The molecular weight excluding hydrogens is 166 g/mol. The summed E-state index contributed by atoms with van der Waals surface area (Å²) in [5.41, 5.74) is 0. The van der Waals surface area contributed by atoms with Crippen LogP contribution in [0.15, 0.2) is 0 Å². The normalized spacial score (nSPS) is 23.7. The van der Waals surface area contributed by atoms with Crippen LogP contribution < -0.4 is 10.6 Å². The predicted molar refractivity (Wildman–Crippen MR) is 51.6 cm³/mol. The van der Waals surface area contributed by atoms with E-state index in [2.05, 4.69) is 10.6 Å². The third-order valence-corrected chi connectivity index (χ3v) is 2.26. The van der Waals surface area contributed by atoms with Gasteiger partial charge in [0.1, 0.15) is 0 Å². The molecule has 13 heavy (non-hydrogen) atoms. The molecule has 1 atom stereocenters. The maximum Gasteiger partial charge on any atom is 0.223 e. The first-order chi connectivity index (χ1) is 6.20. The van der Waals surface area contributed by atoms with Gasteiger partial charge in [0.25, 0.3) is 0 Å². The summed E-state index contributed by atoms with van der Waals surface area (Å²) < 4.78 is 0. The molecule has 1 unspecified atom stereocenters. The third kappa shape index (κ3) is 3.74. The van der Waals surface area contributed by atoms with Gasteiger partial charge in [0.05, 0.1) is 0 Å². The van der Waals surface area contributed by atoms with E-state index in [1.165, 1.54) is 0 Å². The van der Waals surface area contributed by atoms with E-state index in [9.17, 15) is 4.79 Å². The molecule has 1 saturated heterocycles. The van der Waals surface area contributed by atoms with Gasteiger partial charge in [0.15, 0.2) is 0 Å². The summed E-state index contributed by atoms with van der Waals surface area (Å²) in [6.45, 7) is 2.68. The molecule has 1 fully saturated rings. The van der Waals surface area contributed by atoms with Crippen LogP contribution in [0.5, 0.6) is 0 Å². The van der Waals surface area contributed by atoms with Crippen LogP contribution in [0.4, 0.5) is 0 Å². The fraction of sp³-hybridized carbons (Fsp3) is 0.889. The second-order valence-electron chi connectivity index (χ2n) is 3.60. The van der Waals surface area contributed by atoms with Gasteiger partial charge in [-0.3, -0.25) is 4.79 Å². The molecule has 1 aliphatic rings. The van der Waals surface area contributed by atoms with Crippen molar-refractivity contribution in [1.82, 2.24) is 15.5 Å². The molecule has 1 rings (SSSR count). The molecule has 75 valence electrons. The van der Waals surface area contributed by atoms with Crippen molar-refractivity contribution in [3.8, 4) is 0 Å². The summed E-state index contributed by atoms with van der Waals surface area (Å²) in [7, 11) is 3.59. The van der Waals surface area contributed by atoms with Gasteiger partial charge in [-0.05, 0) is 6.42 Å². The highest BCUT2D eigenvalue weighted by atomic mass is 16.2. The molecule has 1 heterocycles. The number of carbonyl (C=O) groups excluding carboxylic acids is 1. The second kappa shape index (κ2) is 5.19. The van der Waals surface area contributed by atoms with Crippen molar-refractivity contribution in [2.24, 2.45) is 0 Å². The first kappa shape index (κ1) is 10.5. The summed E-state index contributed by atoms with van der Waals surface area (Å²) in [4.78, 5) is 13.0. The maximum absolute atomic E-state index is 11.4. The van der Waals surface area contributed by atoms with Gasteiger partial charge in [-0.1, -0.05) is 0 Å². The van der Waals surface area contributed by atoms with E-state index >= 15 is 0 Å². The van der Waals surface area contributed by atoms with E-state index in [4.69, 9.17) is 0 Å². The largest absolute Gasteiger partial charge is 0.349 e. The third-order valence-electron chi connectivity index (χ3n) is 2.26. The molecule has 1 N–H and O–H groups in total. The van der Waals surface area contributed by atoms with E-state index < -0.39 is 0 Å². The highest BCUT2D eigenvalue weighted by molar-refractivity contribution is 5.76. The molecule has 4 heteroatoms. The zero-order chi connectivity index (χ0) is 9.68. The van der Waals surface area contributed by atoms with Gasteiger partial charge < -0.3 is 10.2 Å². The Morgan fingerprint density at radius 1 is 1.54 bits per heavy atom. The van der Waals surface area contributed by atoms with Crippen LogP contribution in [0, 0.1) is 0 Å². The Kier molecular flexibility index (Phi) is 4.18. The van der Waals surface area contributed by atoms with Crippen molar-refractivity contribution < 1.29 is 4.79 Å². The summed E-state index contributed by atoms with van der Waals surface area (Å²) >= 11 is 0. The number of carbonyl (C=O) groups is 1.